The van der Waals surface area contributed by atoms with E-state index in [1.807, 2.05) is 23.1 Å². The second-order valence-electron chi connectivity index (χ2n) is 7.16. The van der Waals surface area contributed by atoms with Crippen LogP contribution < -0.4 is 4.90 Å². The Morgan fingerprint density at radius 3 is 2.52 bits per heavy atom. The SMILES string of the molecule is Cn1c(SCC(=O)N2CCN(c3ccccc3)CC2)nnc1-c1cccc([N+](=O)[O-])c1. The highest BCUT2D eigenvalue weighted by Crippen LogP contribution is 2.26. The van der Waals surface area contributed by atoms with Gasteiger partial charge in [0.15, 0.2) is 11.0 Å². The average molecular weight is 439 g/mol. The summed E-state index contributed by atoms with van der Waals surface area (Å²) in [5, 5.41) is 19.9. The number of hydrogen-bond donors (Lipinski definition) is 0. The molecule has 0 aliphatic carbocycles. The Hall–Kier alpha value is -3.40. The molecule has 0 radical (unpaired) electrons. The summed E-state index contributed by atoms with van der Waals surface area (Å²) in [5.74, 6) is 0.861. The van der Waals surface area contributed by atoms with E-state index >= 15 is 0 Å². The maximum atomic E-state index is 12.7. The topological polar surface area (TPSA) is 97.4 Å². The smallest absolute Gasteiger partial charge is 0.270 e. The number of hydrogen-bond acceptors (Lipinski definition) is 7. The number of carbonyl (C=O) groups is 1. The lowest BCUT2D eigenvalue weighted by molar-refractivity contribution is -0.384. The van der Waals surface area contributed by atoms with E-state index in [2.05, 4.69) is 27.2 Å². The molecule has 1 saturated heterocycles. The predicted molar refractivity (Wildman–Crippen MR) is 119 cm³/mol. The fourth-order valence-corrected chi connectivity index (χ4v) is 4.33. The first-order valence-corrected chi connectivity index (χ1v) is 10.9. The lowest BCUT2D eigenvalue weighted by Crippen LogP contribution is -2.49. The summed E-state index contributed by atoms with van der Waals surface area (Å²) in [7, 11) is 1.79. The van der Waals surface area contributed by atoms with Crippen molar-refractivity contribution in [1.82, 2.24) is 19.7 Å². The standard InChI is InChI=1S/C21H22N6O3S/c1-24-20(16-6-5-9-18(14-16)27(29)30)22-23-21(24)31-15-19(28)26-12-10-25(11-13-26)17-7-3-2-4-8-17/h2-9,14H,10-13,15H2,1H3. The number of nitro groups is 1. The van der Waals surface area contributed by atoms with E-state index in [-0.39, 0.29) is 17.3 Å². The van der Waals surface area contributed by atoms with Gasteiger partial charge in [0, 0.05) is 56.6 Å². The highest BCUT2D eigenvalue weighted by atomic mass is 32.2. The maximum Gasteiger partial charge on any atom is 0.270 e. The summed E-state index contributed by atoms with van der Waals surface area (Å²) in [6, 6.07) is 16.5. The molecule has 0 saturated carbocycles. The van der Waals surface area contributed by atoms with Gasteiger partial charge in [0.2, 0.25) is 5.91 Å². The van der Waals surface area contributed by atoms with Crippen molar-refractivity contribution in [2.24, 2.45) is 7.05 Å². The van der Waals surface area contributed by atoms with Gasteiger partial charge in [-0.3, -0.25) is 14.9 Å². The van der Waals surface area contributed by atoms with Crippen molar-refractivity contribution in [2.75, 3.05) is 36.8 Å². The molecule has 0 N–H and O–H groups in total. The minimum Gasteiger partial charge on any atom is -0.368 e. The minimum atomic E-state index is -0.439. The van der Waals surface area contributed by atoms with Crippen LogP contribution in [0.3, 0.4) is 0 Å². The molecule has 2 heterocycles. The zero-order valence-corrected chi connectivity index (χ0v) is 17.9. The Kier molecular flexibility index (Phi) is 6.17. The van der Waals surface area contributed by atoms with Crippen LogP contribution in [0, 0.1) is 10.1 Å². The van der Waals surface area contributed by atoms with Crippen LogP contribution in [0.25, 0.3) is 11.4 Å². The van der Waals surface area contributed by atoms with E-state index in [0.29, 0.717) is 29.6 Å². The molecular weight excluding hydrogens is 416 g/mol. The van der Waals surface area contributed by atoms with E-state index < -0.39 is 4.92 Å². The third kappa shape index (κ3) is 4.69. The van der Waals surface area contributed by atoms with Crippen molar-refractivity contribution >= 4 is 29.0 Å². The van der Waals surface area contributed by atoms with Gasteiger partial charge in [0.05, 0.1) is 10.7 Å². The quantitative estimate of drug-likeness (QED) is 0.332. The van der Waals surface area contributed by atoms with Crippen LogP contribution in [0.1, 0.15) is 0 Å². The van der Waals surface area contributed by atoms with Gasteiger partial charge in [-0.05, 0) is 12.1 Å². The van der Waals surface area contributed by atoms with Gasteiger partial charge in [0.25, 0.3) is 5.69 Å². The molecule has 1 fully saturated rings. The Labute approximate surface area is 183 Å². The Bertz CT molecular complexity index is 1080. The van der Waals surface area contributed by atoms with Gasteiger partial charge in [-0.1, -0.05) is 42.1 Å². The maximum absolute atomic E-state index is 12.7. The molecule has 3 aromatic rings. The molecule has 31 heavy (non-hydrogen) atoms. The first-order valence-electron chi connectivity index (χ1n) is 9.88. The van der Waals surface area contributed by atoms with Crippen molar-refractivity contribution in [2.45, 2.75) is 5.16 Å². The summed E-state index contributed by atoms with van der Waals surface area (Å²) in [6.07, 6.45) is 0. The number of amides is 1. The molecule has 1 aromatic heterocycles. The number of nitrogens with zero attached hydrogens (tertiary/aromatic N) is 6. The van der Waals surface area contributed by atoms with E-state index in [1.54, 1.807) is 23.7 Å². The normalized spacial score (nSPS) is 14.0. The summed E-state index contributed by atoms with van der Waals surface area (Å²) < 4.78 is 1.75. The third-order valence-corrected chi connectivity index (χ3v) is 6.23. The molecule has 0 bridgehead atoms. The largest absolute Gasteiger partial charge is 0.368 e. The third-order valence-electron chi connectivity index (χ3n) is 5.23. The number of para-hydroxylation sites is 1. The molecule has 1 aliphatic rings. The number of anilines is 1. The molecule has 2 aromatic carbocycles. The fourth-order valence-electron chi connectivity index (χ4n) is 3.52. The number of rotatable bonds is 6. The number of carbonyl (C=O) groups excluding carboxylic acids is 1. The molecule has 160 valence electrons. The lowest BCUT2D eigenvalue weighted by Gasteiger charge is -2.36. The van der Waals surface area contributed by atoms with Gasteiger partial charge in [-0.2, -0.15) is 0 Å². The fraction of sp³-hybridized carbons (Fsp3) is 0.286. The number of benzene rings is 2. The molecular formula is C21H22N6O3S. The number of piperazine rings is 1. The molecule has 9 nitrogen and oxygen atoms in total. The minimum absolute atomic E-state index is 0.000439. The zero-order valence-electron chi connectivity index (χ0n) is 17.0. The summed E-state index contributed by atoms with van der Waals surface area (Å²) in [5.41, 5.74) is 1.79. The Morgan fingerprint density at radius 2 is 1.81 bits per heavy atom. The van der Waals surface area contributed by atoms with E-state index in [0.717, 1.165) is 13.1 Å². The lowest BCUT2D eigenvalue weighted by atomic mass is 10.2. The second-order valence-corrected chi connectivity index (χ2v) is 8.11. The van der Waals surface area contributed by atoms with E-state index in [4.69, 9.17) is 0 Å². The van der Waals surface area contributed by atoms with Crippen LogP contribution in [0.5, 0.6) is 0 Å². The molecule has 10 heteroatoms. The van der Waals surface area contributed by atoms with Crippen molar-refractivity contribution in [3.8, 4) is 11.4 Å². The van der Waals surface area contributed by atoms with Gasteiger partial charge >= 0.3 is 0 Å². The Morgan fingerprint density at radius 1 is 1.06 bits per heavy atom. The van der Waals surface area contributed by atoms with Gasteiger partial charge < -0.3 is 14.4 Å². The monoisotopic (exact) mass is 438 g/mol. The van der Waals surface area contributed by atoms with Gasteiger partial charge in [-0.25, -0.2) is 0 Å². The van der Waals surface area contributed by atoms with Crippen LogP contribution in [0.2, 0.25) is 0 Å². The molecule has 1 aliphatic heterocycles. The van der Waals surface area contributed by atoms with Gasteiger partial charge in [-0.15, -0.1) is 10.2 Å². The van der Waals surface area contributed by atoms with Crippen LogP contribution >= 0.6 is 11.8 Å². The first-order chi connectivity index (χ1) is 15.0. The highest BCUT2D eigenvalue weighted by Gasteiger charge is 2.22. The zero-order chi connectivity index (χ0) is 21.8. The molecule has 0 atom stereocenters. The van der Waals surface area contributed by atoms with E-state index in [9.17, 15) is 14.9 Å². The van der Waals surface area contributed by atoms with Gasteiger partial charge in [0.1, 0.15) is 0 Å². The number of non-ortho nitro benzene ring substituents is 1. The van der Waals surface area contributed by atoms with Crippen molar-refractivity contribution < 1.29 is 9.72 Å². The molecule has 0 unspecified atom stereocenters. The summed E-state index contributed by atoms with van der Waals surface area (Å²) in [6.45, 7) is 2.99. The van der Waals surface area contributed by atoms with E-state index in [1.165, 1.54) is 29.6 Å². The van der Waals surface area contributed by atoms with Crippen LogP contribution in [-0.2, 0) is 11.8 Å². The van der Waals surface area contributed by atoms with Crippen LogP contribution in [-0.4, -0.2) is 62.4 Å². The molecule has 4 rings (SSSR count). The Balaban J connectivity index is 1.34. The van der Waals surface area contributed by atoms with Crippen molar-refractivity contribution in [3.05, 3.63) is 64.7 Å². The van der Waals surface area contributed by atoms with Crippen molar-refractivity contribution in [1.29, 1.82) is 0 Å². The van der Waals surface area contributed by atoms with Crippen molar-refractivity contribution in [3.63, 3.8) is 0 Å². The summed E-state index contributed by atoms with van der Waals surface area (Å²) in [4.78, 5) is 27.4. The first kappa shape index (κ1) is 20.9. The predicted octanol–water partition coefficient (Wildman–Crippen LogP) is 2.83. The van der Waals surface area contributed by atoms with Crippen LogP contribution in [0.15, 0.2) is 59.8 Å². The molecule has 1 amide bonds. The number of nitro benzene ring substituents is 1. The molecule has 0 spiro atoms. The van der Waals surface area contributed by atoms with Crippen LogP contribution in [0.4, 0.5) is 11.4 Å². The highest BCUT2D eigenvalue weighted by molar-refractivity contribution is 7.99. The second kappa shape index (κ2) is 9.17. The number of aromatic nitrogens is 3. The number of thioether (sulfide) groups is 1. The summed E-state index contributed by atoms with van der Waals surface area (Å²) >= 11 is 1.32. The average Bonchev–Trinajstić information content (AvgIpc) is 3.18.